The molecule has 0 radical (unpaired) electrons. The van der Waals surface area contributed by atoms with Gasteiger partial charge in [0.25, 0.3) is 10.0 Å². The number of carbonyl (C=O) groups is 2. The molecule has 41 heavy (non-hydrogen) atoms. The molecule has 1 aliphatic heterocycles. The number of ketones is 1. The third-order valence-corrected chi connectivity index (χ3v) is 9.20. The highest BCUT2D eigenvalue weighted by Gasteiger charge is 2.49. The van der Waals surface area contributed by atoms with E-state index in [0.29, 0.717) is 24.0 Å². The lowest BCUT2D eigenvalue weighted by atomic mass is 9.63. The highest BCUT2D eigenvalue weighted by molar-refractivity contribution is 7.92. The smallest absolute Gasteiger partial charge is 0.286 e. The highest BCUT2D eigenvalue weighted by Crippen LogP contribution is 2.47. The van der Waals surface area contributed by atoms with Crippen LogP contribution in [0.2, 0.25) is 0 Å². The van der Waals surface area contributed by atoms with Gasteiger partial charge in [-0.15, -0.1) is 4.40 Å². The Morgan fingerprint density at radius 1 is 1.15 bits per heavy atom. The van der Waals surface area contributed by atoms with E-state index in [-0.39, 0.29) is 52.3 Å². The molecule has 0 bridgehead atoms. The number of amides is 1. The molecule has 0 aromatic heterocycles. The van der Waals surface area contributed by atoms with Crippen LogP contribution in [0.5, 0.6) is 0 Å². The Bertz CT molecular complexity index is 1690. The van der Waals surface area contributed by atoms with Crippen molar-refractivity contribution >= 4 is 54.7 Å². The number of nitrogens with one attached hydrogen (secondary N) is 2. The van der Waals surface area contributed by atoms with E-state index in [2.05, 4.69) is 14.4 Å². The van der Waals surface area contributed by atoms with Crippen LogP contribution in [0, 0.1) is 5.92 Å². The third kappa shape index (κ3) is 6.01. The van der Waals surface area contributed by atoms with Crippen molar-refractivity contribution in [3.63, 3.8) is 0 Å². The van der Waals surface area contributed by atoms with Crippen LogP contribution in [0.4, 0.5) is 11.4 Å². The summed E-state index contributed by atoms with van der Waals surface area (Å²) in [4.78, 5) is 28.3. The number of Topliss-reactive ketones (excluding diaryl/α,β-unsaturated/α-hetero) is 1. The number of nitrogens with zero attached hydrogens (tertiary/aromatic N) is 2. The lowest BCUT2D eigenvalue weighted by Gasteiger charge is -2.39. The zero-order valence-electron chi connectivity index (χ0n) is 23.6. The number of hydrogen-bond donors (Lipinski definition) is 3. The molecule has 1 atom stereocenters. The lowest BCUT2D eigenvalue weighted by Crippen LogP contribution is -2.45. The van der Waals surface area contributed by atoms with Gasteiger partial charge in [-0.1, -0.05) is 38.1 Å². The van der Waals surface area contributed by atoms with Gasteiger partial charge in [0.15, 0.2) is 11.6 Å². The number of rotatable bonds is 9. The maximum Gasteiger partial charge on any atom is 0.286 e. The summed E-state index contributed by atoms with van der Waals surface area (Å²) in [6, 6.07) is 10.8. The zero-order valence-corrected chi connectivity index (χ0v) is 25.2. The molecule has 0 spiro atoms. The molecule has 2 aromatic rings. The maximum atomic E-state index is 14.5. The van der Waals surface area contributed by atoms with Gasteiger partial charge < -0.3 is 15.3 Å². The molecular formula is C28H34N4O7S2. The lowest BCUT2D eigenvalue weighted by molar-refractivity contribution is -0.129. The number of aliphatic hydroxyl groups excluding tert-OH is 1. The van der Waals surface area contributed by atoms with E-state index in [1.54, 1.807) is 38.4 Å². The van der Waals surface area contributed by atoms with Gasteiger partial charge in [-0.2, -0.15) is 8.42 Å². The van der Waals surface area contributed by atoms with E-state index in [4.69, 9.17) is 0 Å². The minimum absolute atomic E-state index is 0.0262. The van der Waals surface area contributed by atoms with Crippen LogP contribution in [0.25, 0.3) is 5.76 Å². The van der Waals surface area contributed by atoms with Crippen molar-refractivity contribution in [3.8, 4) is 0 Å². The summed E-state index contributed by atoms with van der Waals surface area (Å²) in [7, 11) is -4.81. The minimum atomic E-state index is -4.41. The van der Waals surface area contributed by atoms with Crippen molar-refractivity contribution in [1.82, 2.24) is 4.90 Å². The average molecular weight is 603 g/mol. The van der Waals surface area contributed by atoms with Gasteiger partial charge in [0, 0.05) is 31.8 Å². The fourth-order valence-electron chi connectivity index (χ4n) is 5.18. The first kappa shape index (κ1) is 30.3. The van der Waals surface area contributed by atoms with Gasteiger partial charge in [-0.05, 0) is 48.9 Å². The first-order chi connectivity index (χ1) is 19.1. The van der Waals surface area contributed by atoms with E-state index < -0.39 is 37.0 Å². The van der Waals surface area contributed by atoms with Crippen molar-refractivity contribution in [1.29, 1.82) is 0 Å². The Morgan fingerprint density at radius 3 is 2.46 bits per heavy atom. The van der Waals surface area contributed by atoms with Crippen molar-refractivity contribution in [2.24, 2.45) is 10.3 Å². The molecule has 220 valence electrons. The van der Waals surface area contributed by atoms with E-state index in [0.717, 1.165) is 12.3 Å². The van der Waals surface area contributed by atoms with Gasteiger partial charge in [0.05, 0.1) is 17.4 Å². The Kier molecular flexibility index (Phi) is 8.07. The van der Waals surface area contributed by atoms with Crippen LogP contribution in [-0.2, 0) is 35.1 Å². The largest absolute Gasteiger partial charge is 0.506 e. The summed E-state index contributed by atoms with van der Waals surface area (Å²) in [6.07, 6.45) is 2.17. The van der Waals surface area contributed by atoms with Crippen LogP contribution in [-0.4, -0.2) is 64.7 Å². The Morgan fingerprint density at radius 2 is 1.83 bits per heavy atom. The predicted molar refractivity (Wildman–Crippen MR) is 158 cm³/mol. The summed E-state index contributed by atoms with van der Waals surface area (Å²) < 4.78 is 56.0. The van der Waals surface area contributed by atoms with Crippen molar-refractivity contribution in [2.75, 3.05) is 30.4 Å². The van der Waals surface area contributed by atoms with Gasteiger partial charge in [-0.3, -0.25) is 14.3 Å². The second kappa shape index (κ2) is 10.9. The number of anilines is 2. The maximum absolute atomic E-state index is 14.5. The Labute approximate surface area is 240 Å². The summed E-state index contributed by atoms with van der Waals surface area (Å²) in [5.74, 6) is -1.22. The standard InChI is InChI=1S/C28H34N4O7S2/c1-17(2)12-14-28(15-13-23(33)32(3)4)20-9-7-6-8-19(20)25(34)24(26(28)35)27-29-21-11-10-18(30-40(5,36)37)16-22(21)41(38,39)31-27/h6-11,16-17,30,34H,12-15H2,1-5H3,(H,29,31)/t28-/m0/s1. The summed E-state index contributed by atoms with van der Waals surface area (Å²) in [5.41, 5.74) is -0.462. The average Bonchev–Trinajstić information content (AvgIpc) is 2.87. The van der Waals surface area contributed by atoms with Gasteiger partial charge in [0.2, 0.25) is 15.9 Å². The molecule has 0 fully saturated rings. The predicted octanol–water partition coefficient (Wildman–Crippen LogP) is 3.67. The number of amidine groups is 1. The molecule has 13 heteroatoms. The Hall–Kier alpha value is -3.71. The fourth-order valence-corrected chi connectivity index (χ4v) is 6.88. The van der Waals surface area contributed by atoms with Crippen LogP contribution < -0.4 is 10.0 Å². The molecule has 2 aliphatic rings. The zero-order chi connectivity index (χ0) is 30.3. The molecule has 1 aliphatic carbocycles. The minimum Gasteiger partial charge on any atom is -0.506 e. The Balaban J connectivity index is 1.87. The molecular weight excluding hydrogens is 568 g/mol. The number of carbonyl (C=O) groups excluding carboxylic acids is 2. The van der Waals surface area contributed by atoms with Crippen LogP contribution in [0.3, 0.4) is 0 Å². The summed E-state index contributed by atoms with van der Waals surface area (Å²) in [6.45, 7) is 4.05. The molecule has 0 saturated heterocycles. The van der Waals surface area contributed by atoms with E-state index in [9.17, 15) is 31.5 Å². The molecule has 3 N–H and O–H groups in total. The summed E-state index contributed by atoms with van der Waals surface area (Å²) in [5, 5.41) is 14.3. The number of sulfonamides is 2. The van der Waals surface area contributed by atoms with E-state index in [1.807, 2.05) is 13.8 Å². The van der Waals surface area contributed by atoms with Crippen LogP contribution in [0.15, 0.2) is 57.3 Å². The van der Waals surface area contributed by atoms with Crippen LogP contribution in [0.1, 0.15) is 50.7 Å². The molecule has 2 aromatic carbocycles. The normalized spacial score (nSPS) is 19.7. The van der Waals surface area contributed by atoms with E-state index >= 15 is 0 Å². The topological polar surface area (TPSA) is 162 Å². The quantitative estimate of drug-likeness (QED) is 0.392. The molecule has 11 nitrogen and oxygen atoms in total. The second-order valence-corrected chi connectivity index (χ2v) is 14.3. The third-order valence-electron chi connectivity index (χ3n) is 7.27. The first-order valence-corrected chi connectivity index (χ1v) is 16.4. The molecule has 0 saturated carbocycles. The van der Waals surface area contributed by atoms with Crippen molar-refractivity contribution < 1.29 is 31.5 Å². The number of benzene rings is 2. The van der Waals surface area contributed by atoms with Gasteiger partial charge in [0.1, 0.15) is 16.2 Å². The molecule has 4 rings (SSSR count). The number of aliphatic hydroxyl groups is 1. The first-order valence-electron chi connectivity index (χ1n) is 13.1. The van der Waals surface area contributed by atoms with Gasteiger partial charge >= 0.3 is 0 Å². The number of hydrogen-bond acceptors (Lipinski definition) is 8. The van der Waals surface area contributed by atoms with Crippen LogP contribution >= 0.6 is 0 Å². The monoisotopic (exact) mass is 602 g/mol. The second-order valence-electron chi connectivity index (χ2n) is 11.0. The molecule has 1 amide bonds. The van der Waals surface area contributed by atoms with Gasteiger partial charge in [-0.25, -0.2) is 8.42 Å². The van der Waals surface area contributed by atoms with Crippen molar-refractivity contribution in [2.45, 2.75) is 49.8 Å². The summed E-state index contributed by atoms with van der Waals surface area (Å²) >= 11 is 0. The molecule has 1 heterocycles. The SMILES string of the molecule is CC(C)CC[C@@]1(CCC(=O)N(C)C)C(=O)C(C2=NS(=O)(=O)c3cc(NS(C)(=O)=O)ccc3N2)=C(O)c2ccccc21. The van der Waals surface area contributed by atoms with E-state index in [1.165, 1.54) is 17.0 Å². The highest BCUT2D eigenvalue weighted by atomic mass is 32.2. The number of fused-ring (bicyclic) bond motifs is 2. The van der Waals surface area contributed by atoms with Crippen molar-refractivity contribution in [3.05, 3.63) is 59.2 Å². The fraction of sp³-hybridized carbons (Fsp3) is 0.393. The molecule has 0 unspecified atom stereocenters.